The Hall–Kier alpha value is -0.870. The fraction of sp³-hybridized carbons (Fsp3) is 0.700. The normalized spacial score (nSPS) is 21.6. The Morgan fingerprint density at radius 1 is 1.64 bits per heavy atom. The lowest BCUT2D eigenvalue weighted by Crippen LogP contribution is -2.44. The van der Waals surface area contributed by atoms with Crippen molar-refractivity contribution in [2.45, 2.75) is 18.9 Å². The highest BCUT2D eigenvalue weighted by Gasteiger charge is 2.15. The zero-order chi connectivity index (χ0) is 10.2. The highest BCUT2D eigenvalue weighted by Crippen LogP contribution is 2.04. The largest absolute Gasteiger partial charge is 0.379 e. The first-order valence-corrected chi connectivity index (χ1v) is 5.01. The average molecular weight is 198 g/mol. The third-order valence-electron chi connectivity index (χ3n) is 2.10. The van der Waals surface area contributed by atoms with Gasteiger partial charge in [0.2, 0.25) is 5.91 Å². The summed E-state index contributed by atoms with van der Waals surface area (Å²) in [4.78, 5) is 11.3. The van der Waals surface area contributed by atoms with Crippen LogP contribution in [0.15, 0.2) is 12.7 Å². The second-order valence-electron chi connectivity index (χ2n) is 3.40. The predicted molar refractivity (Wildman–Crippen MR) is 55.1 cm³/mol. The van der Waals surface area contributed by atoms with E-state index in [1.807, 2.05) is 0 Å². The smallest absolute Gasteiger partial charge is 0.234 e. The summed E-state index contributed by atoms with van der Waals surface area (Å²) in [5, 5.41) is 5.87. The minimum atomic E-state index is 0.0300. The Morgan fingerprint density at radius 3 is 3.14 bits per heavy atom. The van der Waals surface area contributed by atoms with Crippen LogP contribution < -0.4 is 10.6 Å². The van der Waals surface area contributed by atoms with E-state index >= 15 is 0 Å². The van der Waals surface area contributed by atoms with E-state index in [0.29, 0.717) is 19.7 Å². The zero-order valence-electron chi connectivity index (χ0n) is 8.42. The summed E-state index contributed by atoms with van der Waals surface area (Å²) < 4.78 is 5.26. The first kappa shape index (κ1) is 11.2. The Bertz CT molecular complexity index is 189. The van der Waals surface area contributed by atoms with Gasteiger partial charge < -0.3 is 15.4 Å². The molecule has 4 nitrogen and oxygen atoms in total. The van der Waals surface area contributed by atoms with Gasteiger partial charge in [-0.25, -0.2) is 0 Å². The van der Waals surface area contributed by atoms with Crippen molar-refractivity contribution in [3.05, 3.63) is 12.7 Å². The van der Waals surface area contributed by atoms with Crippen molar-refractivity contribution in [1.29, 1.82) is 0 Å². The molecule has 4 heteroatoms. The van der Waals surface area contributed by atoms with Crippen molar-refractivity contribution >= 4 is 5.91 Å². The number of carbonyl (C=O) groups excluding carboxylic acids is 1. The standard InChI is InChI=1S/C10H18N2O2/c1-2-5-11-7-10(13)12-9-4-3-6-14-8-9/h2,9,11H,1,3-8H2,(H,12,13). The molecular formula is C10H18N2O2. The van der Waals surface area contributed by atoms with Crippen LogP contribution in [0.2, 0.25) is 0 Å². The van der Waals surface area contributed by atoms with Gasteiger partial charge in [0, 0.05) is 13.2 Å². The lowest BCUT2D eigenvalue weighted by atomic mass is 10.1. The topological polar surface area (TPSA) is 50.4 Å². The molecule has 14 heavy (non-hydrogen) atoms. The van der Waals surface area contributed by atoms with Gasteiger partial charge in [-0.15, -0.1) is 6.58 Å². The van der Waals surface area contributed by atoms with Crippen molar-refractivity contribution in [3.8, 4) is 0 Å². The molecule has 0 spiro atoms. The molecule has 0 aromatic carbocycles. The Kier molecular flexibility index (Phi) is 5.25. The highest BCUT2D eigenvalue weighted by molar-refractivity contribution is 5.78. The van der Waals surface area contributed by atoms with Crippen LogP contribution in [0.4, 0.5) is 0 Å². The molecule has 80 valence electrons. The van der Waals surface area contributed by atoms with E-state index < -0.39 is 0 Å². The van der Waals surface area contributed by atoms with Gasteiger partial charge in [-0.05, 0) is 12.8 Å². The first-order chi connectivity index (χ1) is 6.83. The number of carbonyl (C=O) groups is 1. The molecule has 0 saturated carbocycles. The zero-order valence-corrected chi connectivity index (χ0v) is 8.42. The van der Waals surface area contributed by atoms with Gasteiger partial charge >= 0.3 is 0 Å². The third kappa shape index (κ3) is 4.39. The molecule has 2 N–H and O–H groups in total. The van der Waals surface area contributed by atoms with Crippen LogP contribution in [0.25, 0.3) is 0 Å². The van der Waals surface area contributed by atoms with Crippen LogP contribution in [0, 0.1) is 0 Å². The van der Waals surface area contributed by atoms with Gasteiger partial charge in [-0.2, -0.15) is 0 Å². The summed E-state index contributed by atoms with van der Waals surface area (Å²) in [6.07, 6.45) is 3.79. The van der Waals surface area contributed by atoms with Crippen molar-refractivity contribution in [3.63, 3.8) is 0 Å². The molecule has 1 amide bonds. The molecule has 1 atom stereocenters. The predicted octanol–water partition coefficient (Wildman–Crippen LogP) is 0.0572. The second-order valence-corrected chi connectivity index (χ2v) is 3.40. The van der Waals surface area contributed by atoms with E-state index in [4.69, 9.17) is 4.74 Å². The van der Waals surface area contributed by atoms with E-state index in [1.54, 1.807) is 6.08 Å². The minimum absolute atomic E-state index is 0.0300. The first-order valence-electron chi connectivity index (χ1n) is 5.01. The van der Waals surface area contributed by atoms with Crippen LogP contribution in [-0.2, 0) is 9.53 Å². The molecule has 0 radical (unpaired) electrons. The number of rotatable bonds is 5. The van der Waals surface area contributed by atoms with Gasteiger partial charge in [-0.1, -0.05) is 6.08 Å². The maximum absolute atomic E-state index is 11.3. The van der Waals surface area contributed by atoms with Crippen molar-refractivity contribution in [2.75, 3.05) is 26.3 Å². The molecular weight excluding hydrogens is 180 g/mol. The van der Waals surface area contributed by atoms with Gasteiger partial charge in [0.05, 0.1) is 19.2 Å². The fourth-order valence-corrected chi connectivity index (χ4v) is 1.42. The SMILES string of the molecule is C=CCNCC(=O)NC1CCCOC1. The van der Waals surface area contributed by atoms with E-state index in [1.165, 1.54) is 0 Å². The minimum Gasteiger partial charge on any atom is -0.379 e. The lowest BCUT2D eigenvalue weighted by Gasteiger charge is -2.23. The average Bonchev–Trinajstić information content (AvgIpc) is 2.20. The lowest BCUT2D eigenvalue weighted by molar-refractivity contribution is -0.121. The molecule has 1 heterocycles. The second kappa shape index (κ2) is 6.56. The molecule has 1 saturated heterocycles. The van der Waals surface area contributed by atoms with Crippen molar-refractivity contribution < 1.29 is 9.53 Å². The van der Waals surface area contributed by atoms with Crippen LogP contribution in [-0.4, -0.2) is 38.3 Å². The summed E-state index contributed by atoms with van der Waals surface area (Å²) in [6, 6.07) is 0.196. The summed E-state index contributed by atoms with van der Waals surface area (Å²) in [5.41, 5.74) is 0. The van der Waals surface area contributed by atoms with E-state index in [-0.39, 0.29) is 11.9 Å². The van der Waals surface area contributed by atoms with Crippen molar-refractivity contribution in [2.24, 2.45) is 0 Å². The number of hydrogen-bond acceptors (Lipinski definition) is 3. The molecule has 1 aliphatic heterocycles. The van der Waals surface area contributed by atoms with Gasteiger partial charge in [0.1, 0.15) is 0 Å². The molecule has 0 aromatic heterocycles. The Balaban J connectivity index is 2.09. The van der Waals surface area contributed by atoms with E-state index in [2.05, 4.69) is 17.2 Å². The summed E-state index contributed by atoms with van der Waals surface area (Å²) >= 11 is 0. The number of ether oxygens (including phenoxy) is 1. The number of hydrogen-bond donors (Lipinski definition) is 2. The summed E-state index contributed by atoms with van der Waals surface area (Å²) in [5.74, 6) is 0.0300. The summed E-state index contributed by atoms with van der Waals surface area (Å²) in [6.45, 7) is 6.04. The fourth-order valence-electron chi connectivity index (χ4n) is 1.42. The molecule has 0 bridgehead atoms. The number of amides is 1. The van der Waals surface area contributed by atoms with Gasteiger partial charge in [0.25, 0.3) is 0 Å². The monoisotopic (exact) mass is 198 g/mol. The molecule has 1 rings (SSSR count). The van der Waals surface area contributed by atoms with Crippen molar-refractivity contribution in [1.82, 2.24) is 10.6 Å². The summed E-state index contributed by atoms with van der Waals surface area (Å²) in [7, 11) is 0. The van der Waals surface area contributed by atoms with Gasteiger partial charge in [-0.3, -0.25) is 4.79 Å². The Labute approximate surface area is 84.7 Å². The van der Waals surface area contributed by atoms with Crippen LogP contribution in [0.1, 0.15) is 12.8 Å². The van der Waals surface area contributed by atoms with Crippen LogP contribution in [0.5, 0.6) is 0 Å². The molecule has 0 aliphatic carbocycles. The van der Waals surface area contributed by atoms with Crippen LogP contribution in [0.3, 0.4) is 0 Å². The van der Waals surface area contributed by atoms with Crippen LogP contribution >= 0.6 is 0 Å². The molecule has 1 unspecified atom stereocenters. The maximum Gasteiger partial charge on any atom is 0.234 e. The van der Waals surface area contributed by atoms with E-state index in [9.17, 15) is 4.79 Å². The molecule has 1 aliphatic rings. The maximum atomic E-state index is 11.3. The highest BCUT2D eigenvalue weighted by atomic mass is 16.5. The third-order valence-corrected chi connectivity index (χ3v) is 2.10. The molecule has 0 aromatic rings. The van der Waals surface area contributed by atoms with Gasteiger partial charge in [0.15, 0.2) is 0 Å². The quantitative estimate of drug-likeness (QED) is 0.485. The molecule has 1 fully saturated rings. The Morgan fingerprint density at radius 2 is 2.50 bits per heavy atom. The van der Waals surface area contributed by atoms with E-state index in [0.717, 1.165) is 19.4 Å². The number of nitrogens with one attached hydrogen (secondary N) is 2.